The lowest BCUT2D eigenvalue weighted by Crippen LogP contribution is -2.12. The first-order valence-corrected chi connectivity index (χ1v) is 7.32. The van der Waals surface area contributed by atoms with Crippen LogP contribution < -0.4 is 5.73 Å². The minimum Gasteiger partial charge on any atom is -0.334 e. The van der Waals surface area contributed by atoms with Gasteiger partial charge in [0.05, 0.1) is 12.3 Å². The zero-order valence-corrected chi connectivity index (χ0v) is 11.9. The maximum atomic E-state index is 5.50. The summed E-state index contributed by atoms with van der Waals surface area (Å²) >= 11 is 1.44. The van der Waals surface area contributed by atoms with E-state index in [4.69, 9.17) is 10.3 Å². The standard InChI is InChI=1S/C12H13N7OS/c13-6-7-19-12(15-17-18-19)21-8-10-14-11(20-16-10)9-4-2-1-3-5-9/h1-5H,6-8,13H2. The predicted octanol–water partition coefficient (Wildman–Crippen LogP) is 0.974. The van der Waals surface area contributed by atoms with E-state index in [0.29, 0.717) is 35.7 Å². The number of rotatable bonds is 6. The van der Waals surface area contributed by atoms with Crippen molar-refractivity contribution in [1.82, 2.24) is 30.3 Å². The summed E-state index contributed by atoms with van der Waals surface area (Å²) < 4.78 is 6.90. The molecule has 2 N–H and O–H groups in total. The third-order valence-corrected chi connectivity index (χ3v) is 3.61. The van der Waals surface area contributed by atoms with Gasteiger partial charge in [-0.15, -0.1) is 5.10 Å². The molecule has 3 aromatic rings. The van der Waals surface area contributed by atoms with Crippen molar-refractivity contribution in [2.75, 3.05) is 6.54 Å². The molecule has 0 spiro atoms. The van der Waals surface area contributed by atoms with Gasteiger partial charge in [0.2, 0.25) is 5.16 Å². The number of aromatic nitrogens is 6. The molecule has 0 saturated carbocycles. The molecule has 0 saturated heterocycles. The average Bonchev–Trinajstić information content (AvgIpc) is 3.16. The van der Waals surface area contributed by atoms with E-state index in [9.17, 15) is 0 Å². The number of nitrogens with zero attached hydrogens (tertiary/aromatic N) is 6. The summed E-state index contributed by atoms with van der Waals surface area (Å²) in [6, 6.07) is 9.64. The Balaban J connectivity index is 1.66. The largest absolute Gasteiger partial charge is 0.334 e. The zero-order valence-electron chi connectivity index (χ0n) is 11.1. The maximum Gasteiger partial charge on any atom is 0.257 e. The van der Waals surface area contributed by atoms with Crippen LogP contribution >= 0.6 is 11.8 Å². The lowest BCUT2D eigenvalue weighted by atomic mass is 10.2. The van der Waals surface area contributed by atoms with E-state index < -0.39 is 0 Å². The van der Waals surface area contributed by atoms with Crippen molar-refractivity contribution in [3.63, 3.8) is 0 Å². The molecule has 21 heavy (non-hydrogen) atoms. The van der Waals surface area contributed by atoms with Crippen LogP contribution in [0.25, 0.3) is 11.5 Å². The molecule has 2 aromatic heterocycles. The summed E-state index contributed by atoms with van der Waals surface area (Å²) in [6.45, 7) is 1.07. The van der Waals surface area contributed by atoms with Gasteiger partial charge in [0.25, 0.3) is 5.89 Å². The van der Waals surface area contributed by atoms with Crippen molar-refractivity contribution in [2.45, 2.75) is 17.5 Å². The Morgan fingerprint density at radius 3 is 2.90 bits per heavy atom. The smallest absolute Gasteiger partial charge is 0.257 e. The fraction of sp³-hybridized carbons (Fsp3) is 0.250. The molecule has 0 bridgehead atoms. The van der Waals surface area contributed by atoms with Gasteiger partial charge < -0.3 is 10.3 Å². The second-order valence-corrected chi connectivity index (χ2v) is 5.09. The van der Waals surface area contributed by atoms with Crippen LogP contribution in [0.5, 0.6) is 0 Å². The van der Waals surface area contributed by atoms with Crippen LogP contribution in [-0.2, 0) is 12.3 Å². The molecule has 0 atom stereocenters. The summed E-state index contributed by atoms with van der Waals surface area (Å²) in [5, 5.41) is 16.1. The van der Waals surface area contributed by atoms with Gasteiger partial charge in [-0.2, -0.15) is 4.98 Å². The molecule has 0 aliphatic rings. The van der Waals surface area contributed by atoms with E-state index in [-0.39, 0.29) is 0 Å². The van der Waals surface area contributed by atoms with Crippen LogP contribution in [0.1, 0.15) is 5.82 Å². The molecule has 0 aliphatic heterocycles. The third-order valence-electron chi connectivity index (χ3n) is 2.66. The van der Waals surface area contributed by atoms with E-state index in [1.807, 2.05) is 30.3 Å². The van der Waals surface area contributed by atoms with Crippen molar-refractivity contribution in [1.29, 1.82) is 0 Å². The Bertz CT molecular complexity index is 696. The van der Waals surface area contributed by atoms with Gasteiger partial charge in [-0.05, 0) is 22.6 Å². The van der Waals surface area contributed by atoms with Crippen LogP contribution in [0.2, 0.25) is 0 Å². The van der Waals surface area contributed by atoms with E-state index in [1.54, 1.807) is 4.68 Å². The molecule has 0 radical (unpaired) electrons. The van der Waals surface area contributed by atoms with E-state index in [1.165, 1.54) is 11.8 Å². The van der Waals surface area contributed by atoms with Crippen LogP contribution in [0.15, 0.2) is 40.0 Å². The molecular formula is C12H13N7OS. The Hall–Kier alpha value is -2.26. The Morgan fingerprint density at radius 1 is 1.24 bits per heavy atom. The molecule has 0 amide bonds. The van der Waals surface area contributed by atoms with Gasteiger partial charge in [-0.25, -0.2) is 4.68 Å². The predicted molar refractivity (Wildman–Crippen MR) is 76.2 cm³/mol. The summed E-state index contributed by atoms with van der Waals surface area (Å²) in [4.78, 5) is 4.35. The zero-order chi connectivity index (χ0) is 14.5. The molecule has 2 heterocycles. The third kappa shape index (κ3) is 3.26. The van der Waals surface area contributed by atoms with Crippen molar-refractivity contribution in [2.24, 2.45) is 5.73 Å². The van der Waals surface area contributed by atoms with Crippen molar-refractivity contribution in [3.05, 3.63) is 36.2 Å². The lowest BCUT2D eigenvalue weighted by molar-refractivity contribution is 0.425. The van der Waals surface area contributed by atoms with Crippen LogP contribution in [-0.4, -0.2) is 36.9 Å². The highest BCUT2D eigenvalue weighted by atomic mass is 32.2. The monoisotopic (exact) mass is 303 g/mol. The molecule has 0 aliphatic carbocycles. The number of hydrogen-bond acceptors (Lipinski definition) is 8. The molecule has 8 nitrogen and oxygen atoms in total. The summed E-state index contributed by atoms with van der Waals surface area (Å²) in [7, 11) is 0. The number of tetrazole rings is 1. The molecule has 3 rings (SSSR count). The minimum atomic E-state index is 0.485. The average molecular weight is 303 g/mol. The van der Waals surface area contributed by atoms with Gasteiger partial charge in [-0.1, -0.05) is 35.1 Å². The number of nitrogens with two attached hydrogens (primary N) is 1. The Labute approximate surface area is 124 Å². The van der Waals surface area contributed by atoms with Gasteiger partial charge in [0.1, 0.15) is 0 Å². The van der Waals surface area contributed by atoms with Crippen molar-refractivity contribution in [3.8, 4) is 11.5 Å². The highest BCUT2D eigenvalue weighted by Gasteiger charge is 2.11. The van der Waals surface area contributed by atoms with Gasteiger partial charge >= 0.3 is 0 Å². The normalized spacial score (nSPS) is 10.9. The molecule has 0 fully saturated rings. The molecule has 108 valence electrons. The van der Waals surface area contributed by atoms with E-state index in [2.05, 4.69) is 25.7 Å². The van der Waals surface area contributed by atoms with Crippen molar-refractivity contribution >= 4 is 11.8 Å². The topological polar surface area (TPSA) is 109 Å². The number of thioether (sulfide) groups is 1. The van der Waals surface area contributed by atoms with E-state index in [0.717, 1.165) is 5.56 Å². The number of hydrogen-bond donors (Lipinski definition) is 1. The summed E-state index contributed by atoms with van der Waals surface area (Å²) in [5.41, 5.74) is 6.40. The van der Waals surface area contributed by atoms with E-state index >= 15 is 0 Å². The summed E-state index contributed by atoms with van der Waals surface area (Å²) in [6.07, 6.45) is 0. The fourth-order valence-electron chi connectivity index (χ4n) is 1.70. The SMILES string of the molecule is NCCn1nnnc1SCc1noc(-c2ccccc2)n1. The first-order chi connectivity index (χ1) is 10.4. The van der Waals surface area contributed by atoms with Gasteiger partial charge in [0.15, 0.2) is 5.82 Å². The molecule has 9 heteroatoms. The van der Waals surface area contributed by atoms with Crippen molar-refractivity contribution < 1.29 is 4.52 Å². The number of benzene rings is 1. The second kappa shape index (κ2) is 6.46. The van der Waals surface area contributed by atoms with Gasteiger partial charge in [-0.3, -0.25) is 0 Å². The highest BCUT2D eigenvalue weighted by Crippen LogP contribution is 2.21. The molecule has 1 aromatic carbocycles. The maximum absolute atomic E-state index is 5.50. The highest BCUT2D eigenvalue weighted by molar-refractivity contribution is 7.98. The fourth-order valence-corrected chi connectivity index (χ4v) is 2.45. The minimum absolute atomic E-state index is 0.485. The molecule has 0 unspecified atom stereocenters. The first kappa shape index (κ1) is 13.7. The molecular weight excluding hydrogens is 290 g/mol. The lowest BCUT2D eigenvalue weighted by Gasteiger charge is -1.99. The van der Waals surface area contributed by atoms with Gasteiger partial charge in [0, 0.05) is 12.1 Å². The first-order valence-electron chi connectivity index (χ1n) is 6.34. The van der Waals surface area contributed by atoms with Crippen LogP contribution in [0.3, 0.4) is 0 Å². The Morgan fingerprint density at radius 2 is 2.10 bits per heavy atom. The van der Waals surface area contributed by atoms with Crippen LogP contribution in [0.4, 0.5) is 0 Å². The quantitative estimate of drug-likeness (QED) is 0.671. The Kier molecular flexibility index (Phi) is 4.22. The second-order valence-electron chi connectivity index (χ2n) is 4.14. The summed E-state index contributed by atoms with van der Waals surface area (Å²) in [5.74, 6) is 1.63. The van der Waals surface area contributed by atoms with Crippen LogP contribution in [0, 0.1) is 0 Å².